The Balaban J connectivity index is 1.94. The van der Waals surface area contributed by atoms with Gasteiger partial charge in [-0.1, -0.05) is 0 Å². The van der Waals surface area contributed by atoms with Gasteiger partial charge in [-0.25, -0.2) is 8.42 Å². The first-order valence-electron chi connectivity index (χ1n) is 6.18. The molecule has 1 amide bonds. The third kappa shape index (κ3) is 3.95. The smallest absolute Gasteiger partial charge is 0.241 e. The van der Waals surface area contributed by atoms with E-state index < -0.39 is 9.84 Å². The standard InChI is InChI=1S/C11H18N4O3S/c1-12-11(16)7-15-6-10(5-13-15)14-9-3-2-4-19(17,18)8-9/h5-6,9,14H,2-4,7-8H2,1H3,(H,12,16). The number of likely N-dealkylation sites (N-methyl/N-ethyl adjacent to an activating group) is 1. The molecule has 0 aliphatic carbocycles. The summed E-state index contributed by atoms with van der Waals surface area (Å²) >= 11 is 0. The highest BCUT2D eigenvalue weighted by Gasteiger charge is 2.24. The average Bonchev–Trinajstić information content (AvgIpc) is 2.75. The number of carbonyl (C=O) groups excluding carboxylic acids is 1. The van der Waals surface area contributed by atoms with Crippen molar-refractivity contribution in [3.63, 3.8) is 0 Å². The van der Waals surface area contributed by atoms with E-state index in [1.54, 1.807) is 19.4 Å². The predicted molar refractivity (Wildman–Crippen MR) is 71.6 cm³/mol. The highest BCUT2D eigenvalue weighted by atomic mass is 32.2. The molecule has 2 N–H and O–H groups in total. The van der Waals surface area contributed by atoms with E-state index in [2.05, 4.69) is 15.7 Å². The molecule has 0 radical (unpaired) electrons. The average molecular weight is 286 g/mol. The Labute approximate surface area is 112 Å². The molecule has 1 saturated heterocycles. The number of amides is 1. The van der Waals surface area contributed by atoms with Crippen LogP contribution in [0.5, 0.6) is 0 Å². The maximum Gasteiger partial charge on any atom is 0.241 e. The number of hydrogen-bond donors (Lipinski definition) is 2. The molecule has 1 aliphatic rings. The van der Waals surface area contributed by atoms with Crippen LogP contribution in [0.4, 0.5) is 5.69 Å². The lowest BCUT2D eigenvalue weighted by Crippen LogP contribution is -2.34. The fourth-order valence-electron chi connectivity index (χ4n) is 2.12. The summed E-state index contributed by atoms with van der Waals surface area (Å²) in [6.45, 7) is 0.154. The molecule has 0 spiro atoms. The van der Waals surface area contributed by atoms with Crippen LogP contribution < -0.4 is 10.6 Å². The highest BCUT2D eigenvalue weighted by Crippen LogP contribution is 2.17. The zero-order chi connectivity index (χ0) is 13.9. The van der Waals surface area contributed by atoms with Crippen molar-refractivity contribution < 1.29 is 13.2 Å². The van der Waals surface area contributed by atoms with Gasteiger partial charge in [-0.05, 0) is 12.8 Å². The Morgan fingerprint density at radius 1 is 1.58 bits per heavy atom. The minimum Gasteiger partial charge on any atom is -0.379 e. The molecule has 1 fully saturated rings. The van der Waals surface area contributed by atoms with Crippen LogP contribution in [0.15, 0.2) is 12.4 Å². The topological polar surface area (TPSA) is 93.1 Å². The molecule has 0 saturated carbocycles. The van der Waals surface area contributed by atoms with Crippen LogP contribution >= 0.6 is 0 Å². The summed E-state index contributed by atoms with van der Waals surface area (Å²) in [5.74, 6) is 0.309. The summed E-state index contributed by atoms with van der Waals surface area (Å²) in [7, 11) is -1.35. The van der Waals surface area contributed by atoms with Gasteiger partial charge >= 0.3 is 0 Å². The largest absolute Gasteiger partial charge is 0.379 e. The molecule has 0 bridgehead atoms. The minimum absolute atomic E-state index is 0.0728. The van der Waals surface area contributed by atoms with Gasteiger partial charge in [0.15, 0.2) is 9.84 Å². The Morgan fingerprint density at radius 2 is 2.37 bits per heavy atom. The number of carbonyl (C=O) groups is 1. The summed E-state index contributed by atoms with van der Waals surface area (Å²) in [5, 5.41) is 9.72. The Bertz CT molecular complexity index is 552. The monoisotopic (exact) mass is 286 g/mol. The zero-order valence-corrected chi connectivity index (χ0v) is 11.6. The number of anilines is 1. The molecule has 1 atom stereocenters. The van der Waals surface area contributed by atoms with E-state index in [9.17, 15) is 13.2 Å². The Morgan fingerprint density at radius 3 is 3.05 bits per heavy atom. The number of hydrogen-bond acceptors (Lipinski definition) is 5. The number of rotatable bonds is 4. The molecule has 1 aromatic heterocycles. The van der Waals surface area contributed by atoms with Gasteiger partial charge in [-0.3, -0.25) is 9.48 Å². The van der Waals surface area contributed by atoms with Crippen molar-refractivity contribution in [2.45, 2.75) is 25.4 Å². The molecule has 0 aromatic carbocycles. The van der Waals surface area contributed by atoms with Crippen LogP contribution in [0.2, 0.25) is 0 Å². The second-order valence-corrected chi connectivity index (χ2v) is 6.93. The number of aromatic nitrogens is 2. The molecule has 19 heavy (non-hydrogen) atoms. The van der Waals surface area contributed by atoms with Crippen LogP contribution in [0.25, 0.3) is 0 Å². The van der Waals surface area contributed by atoms with Crippen molar-refractivity contribution in [1.82, 2.24) is 15.1 Å². The van der Waals surface area contributed by atoms with Gasteiger partial charge < -0.3 is 10.6 Å². The molecule has 2 heterocycles. The highest BCUT2D eigenvalue weighted by molar-refractivity contribution is 7.91. The lowest BCUT2D eigenvalue weighted by Gasteiger charge is -2.23. The van der Waals surface area contributed by atoms with Crippen molar-refractivity contribution in [2.75, 3.05) is 23.9 Å². The lowest BCUT2D eigenvalue weighted by atomic mass is 10.2. The van der Waals surface area contributed by atoms with E-state index in [1.807, 2.05) is 0 Å². The molecule has 1 unspecified atom stereocenters. The molecular formula is C11H18N4O3S. The molecular weight excluding hydrogens is 268 g/mol. The van der Waals surface area contributed by atoms with Crippen LogP contribution in [0, 0.1) is 0 Å². The summed E-state index contributed by atoms with van der Waals surface area (Å²) in [6.07, 6.45) is 4.83. The molecule has 2 rings (SSSR count). The van der Waals surface area contributed by atoms with E-state index in [0.29, 0.717) is 6.42 Å². The van der Waals surface area contributed by atoms with E-state index in [-0.39, 0.29) is 30.0 Å². The van der Waals surface area contributed by atoms with E-state index in [4.69, 9.17) is 0 Å². The van der Waals surface area contributed by atoms with Crippen LogP contribution in [-0.4, -0.2) is 48.7 Å². The SMILES string of the molecule is CNC(=O)Cn1cc(NC2CCCS(=O)(=O)C2)cn1. The van der Waals surface area contributed by atoms with E-state index in [0.717, 1.165) is 12.1 Å². The first kappa shape index (κ1) is 13.9. The molecule has 1 aromatic rings. The first-order chi connectivity index (χ1) is 8.98. The maximum atomic E-state index is 11.5. The molecule has 106 valence electrons. The lowest BCUT2D eigenvalue weighted by molar-refractivity contribution is -0.121. The van der Waals surface area contributed by atoms with Gasteiger partial charge in [0.1, 0.15) is 6.54 Å². The number of nitrogens with one attached hydrogen (secondary N) is 2. The third-order valence-electron chi connectivity index (χ3n) is 3.05. The van der Waals surface area contributed by atoms with E-state index in [1.165, 1.54) is 4.68 Å². The van der Waals surface area contributed by atoms with Crippen molar-refractivity contribution in [3.05, 3.63) is 12.4 Å². The second kappa shape index (κ2) is 5.60. The van der Waals surface area contributed by atoms with Gasteiger partial charge in [-0.2, -0.15) is 5.10 Å². The van der Waals surface area contributed by atoms with Crippen molar-refractivity contribution in [2.24, 2.45) is 0 Å². The summed E-state index contributed by atoms with van der Waals surface area (Å²) < 4.78 is 24.6. The molecule has 8 heteroatoms. The van der Waals surface area contributed by atoms with Crippen molar-refractivity contribution in [1.29, 1.82) is 0 Å². The fourth-order valence-corrected chi connectivity index (χ4v) is 3.76. The van der Waals surface area contributed by atoms with Gasteiger partial charge in [0.25, 0.3) is 0 Å². The quantitative estimate of drug-likeness (QED) is 0.787. The Kier molecular flexibility index (Phi) is 4.08. The second-order valence-electron chi connectivity index (χ2n) is 4.70. The van der Waals surface area contributed by atoms with Crippen molar-refractivity contribution >= 4 is 21.4 Å². The number of nitrogens with zero attached hydrogens (tertiary/aromatic N) is 2. The number of sulfone groups is 1. The predicted octanol–water partition coefficient (Wildman–Crippen LogP) is -0.382. The molecule has 1 aliphatic heterocycles. The van der Waals surface area contributed by atoms with Crippen LogP contribution in [-0.2, 0) is 21.2 Å². The van der Waals surface area contributed by atoms with Gasteiger partial charge in [0.05, 0.1) is 23.4 Å². The van der Waals surface area contributed by atoms with Crippen LogP contribution in [0.1, 0.15) is 12.8 Å². The Hall–Kier alpha value is -1.57. The van der Waals surface area contributed by atoms with Gasteiger partial charge in [-0.15, -0.1) is 0 Å². The van der Waals surface area contributed by atoms with E-state index >= 15 is 0 Å². The normalized spacial score (nSPS) is 21.8. The van der Waals surface area contributed by atoms with Gasteiger partial charge in [0.2, 0.25) is 5.91 Å². The third-order valence-corrected chi connectivity index (χ3v) is 4.87. The summed E-state index contributed by atoms with van der Waals surface area (Å²) in [4.78, 5) is 11.2. The summed E-state index contributed by atoms with van der Waals surface area (Å²) in [5.41, 5.74) is 0.742. The fraction of sp³-hybridized carbons (Fsp3) is 0.636. The molecule has 7 nitrogen and oxygen atoms in total. The van der Waals surface area contributed by atoms with Crippen molar-refractivity contribution in [3.8, 4) is 0 Å². The summed E-state index contributed by atoms with van der Waals surface area (Å²) in [6, 6.07) is -0.0728. The maximum absolute atomic E-state index is 11.5. The first-order valence-corrected chi connectivity index (χ1v) is 8.00. The zero-order valence-electron chi connectivity index (χ0n) is 10.8. The van der Waals surface area contributed by atoms with Crippen LogP contribution in [0.3, 0.4) is 0 Å². The van der Waals surface area contributed by atoms with Gasteiger partial charge in [0, 0.05) is 19.3 Å². The minimum atomic E-state index is -2.92.